The molecule has 0 radical (unpaired) electrons. The zero-order chi connectivity index (χ0) is 23.4. The fraction of sp³-hybridized carbons (Fsp3) is 0.192. The molecule has 1 unspecified atom stereocenters. The van der Waals surface area contributed by atoms with Crippen molar-refractivity contribution in [1.29, 1.82) is 0 Å². The van der Waals surface area contributed by atoms with Crippen LogP contribution in [0, 0.1) is 19.7 Å². The summed E-state index contributed by atoms with van der Waals surface area (Å²) in [4.78, 5) is 14.5. The van der Waals surface area contributed by atoms with Crippen LogP contribution in [-0.2, 0) is 11.2 Å². The summed E-state index contributed by atoms with van der Waals surface area (Å²) in [5.41, 5.74) is 3.93. The van der Waals surface area contributed by atoms with Crippen LogP contribution in [0.2, 0.25) is 0 Å². The van der Waals surface area contributed by atoms with Crippen LogP contribution in [0.3, 0.4) is 0 Å². The molecule has 1 saturated heterocycles. The standard InChI is InChI=1S/C26H24FN3O2S/c1-4-13-30-25(31)24(15-19-10-9-17(2)18(3)14-19)33-26(30)29-28-16-20-11-12-23(32-20)21-7-5-6-8-22(21)27/h4-12,14,16,24H,1,13,15H2,2-3H3. The third kappa shape index (κ3) is 5.14. The first-order chi connectivity index (χ1) is 16.0. The van der Waals surface area contributed by atoms with Gasteiger partial charge in [-0.05, 0) is 61.2 Å². The number of nitrogens with zero attached hydrogens (tertiary/aromatic N) is 3. The molecule has 1 amide bonds. The van der Waals surface area contributed by atoms with Gasteiger partial charge in [0.05, 0.1) is 17.0 Å². The minimum atomic E-state index is -0.355. The highest BCUT2D eigenvalue weighted by molar-refractivity contribution is 8.15. The number of aryl methyl sites for hydroxylation is 2. The zero-order valence-electron chi connectivity index (χ0n) is 18.5. The van der Waals surface area contributed by atoms with Crippen molar-refractivity contribution in [2.45, 2.75) is 25.5 Å². The van der Waals surface area contributed by atoms with Gasteiger partial charge in [-0.15, -0.1) is 11.7 Å². The number of carbonyl (C=O) groups excluding carboxylic acids is 1. The first kappa shape index (κ1) is 22.7. The zero-order valence-corrected chi connectivity index (χ0v) is 19.3. The smallest absolute Gasteiger partial charge is 0.242 e. The third-order valence-corrected chi connectivity index (χ3v) is 6.58. The summed E-state index contributed by atoms with van der Waals surface area (Å²) in [6.07, 6.45) is 3.74. The largest absolute Gasteiger partial charge is 0.455 e. The number of benzene rings is 2. The summed E-state index contributed by atoms with van der Waals surface area (Å²) in [5.74, 6) is 0.487. The van der Waals surface area contributed by atoms with Crippen molar-refractivity contribution >= 4 is 29.1 Å². The van der Waals surface area contributed by atoms with E-state index in [0.29, 0.717) is 35.2 Å². The maximum absolute atomic E-state index is 14.0. The molecule has 33 heavy (non-hydrogen) atoms. The quantitative estimate of drug-likeness (QED) is 0.255. The first-order valence-corrected chi connectivity index (χ1v) is 11.4. The van der Waals surface area contributed by atoms with Gasteiger partial charge in [0.25, 0.3) is 0 Å². The van der Waals surface area contributed by atoms with E-state index in [9.17, 15) is 9.18 Å². The Hall–Kier alpha value is -3.45. The summed E-state index contributed by atoms with van der Waals surface area (Å²) in [6.45, 7) is 8.25. The van der Waals surface area contributed by atoms with Crippen LogP contribution >= 0.6 is 11.8 Å². The summed E-state index contributed by atoms with van der Waals surface area (Å²) in [6, 6.07) is 16.1. The fourth-order valence-corrected chi connectivity index (χ4v) is 4.67. The number of hydrogen-bond acceptors (Lipinski definition) is 5. The van der Waals surface area contributed by atoms with Crippen molar-refractivity contribution < 1.29 is 13.6 Å². The second kappa shape index (κ2) is 10.0. The molecular weight excluding hydrogens is 437 g/mol. The lowest BCUT2D eigenvalue weighted by molar-refractivity contribution is -0.125. The Labute approximate surface area is 196 Å². The van der Waals surface area contributed by atoms with Crippen LogP contribution in [-0.4, -0.2) is 34.0 Å². The van der Waals surface area contributed by atoms with Crippen molar-refractivity contribution in [3.05, 3.63) is 95.5 Å². The Morgan fingerprint density at radius 3 is 2.73 bits per heavy atom. The summed E-state index contributed by atoms with van der Waals surface area (Å²) in [5, 5.41) is 8.63. The van der Waals surface area contributed by atoms with Crippen molar-refractivity contribution in [2.75, 3.05) is 6.54 Å². The first-order valence-electron chi connectivity index (χ1n) is 10.6. The number of amides is 1. The maximum atomic E-state index is 14.0. The van der Waals surface area contributed by atoms with Crippen molar-refractivity contribution in [3.8, 4) is 11.3 Å². The minimum absolute atomic E-state index is 0.00749. The lowest BCUT2D eigenvalue weighted by Gasteiger charge is -2.13. The molecule has 3 aromatic rings. The molecule has 168 valence electrons. The number of hydrogen-bond donors (Lipinski definition) is 0. The van der Waals surface area contributed by atoms with Crippen LogP contribution in [0.4, 0.5) is 4.39 Å². The monoisotopic (exact) mass is 461 g/mol. The van der Waals surface area contributed by atoms with Crippen LogP contribution < -0.4 is 0 Å². The highest BCUT2D eigenvalue weighted by Crippen LogP contribution is 2.30. The molecule has 0 N–H and O–H groups in total. The molecule has 5 nitrogen and oxygen atoms in total. The van der Waals surface area contributed by atoms with E-state index in [4.69, 9.17) is 4.42 Å². The average molecular weight is 462 g/mol. The molecule has 2 aromatic carbocycles. The van der Waals surface area contributed by atoms with E-state index in [0.717, 1.165) is 5.56 Å². The average Bonchev–Trinajstić information content (AvgIpc) is 3.37. The number of halogens is 1. The van der Waals surface area contributed by atoms with E-state index < -0.39 is 0 Å². The molecule has 0 saturated carbocycles. The van der Waals surface area contributed by atoms with Crippen molar-refractivity contribution in [1.82, 2.24) is 4.90 Å². The molecule has 4 rings (SSSR count). The highest BCUT2D eigenvalue weighted by Gasteiger charge is 2.37. The number of carbonyl (C=O) groups is 1. The molecule has 1 aliphatic heterocycles. The molecule has 1 atom stereocenters. The normalized spacial score (nSPS) is 17.4. The number of amidine groups is 1. The van der Waals surface area contributed by atoms with Gasteiger partial charge in [-0.1, -0.05) is 48.2 Å². The Balaban J connectivity index is 1.49. The summed E-state index contributed by atoms with van der Waals surface area (Å²) >= 11 is 1.40. The van der Waals surface area contributed by atoms with Gasteiger partial charge in [-0.2, -0.15) is 5.10 Å². The van der Waals surface area contributed by atoms with Gasteiger partial charge in [-0.25, -0.2) is 4.39 Å². The number of rotatable bonds is 7. The number of thioether (sulfide) groups is 1. The van der Waals surface area contributed by atoms with Gasteiger partial charge in [0, 0.05) is 6.54 Å². The summed E-state index contributed by atoms with van der Waals surface area (Å²) in [7, 11) is 0. The molecule has 1 aromatic heterocycles. The maximum Gasteiger partial charge on any atom is 0.242 e. The number of furan rings is 1. The van der Waals surface area contributed by atoms with E-state index in [1.807, 2.05) is 0 Å². The third-order valence-electron chi connectivity index (χ3n) is 5.42. The Morgan fingerprint density at radius 2 is 1.97 bits per heavy atom. The van der Waals surface area contributed by atoms with Gasteiger partial charge in [0.15, 0.2) is 5.17 Å². The topological polar surface area (TPSA) is 58.2 Å². The van der Waals surface area contributed by atoms with E-state index in [1.54, 1.807) is 41.3 Å². The highest BCUT2D eigenvalue weighted by atomic mass is 32.2. The molecule has 1 aliphatic rings. The second-order valence-electron chi connectivity index (χ2n) is 7.78. The van der Waals surface area contributed by atoms with Gasteiger partial charge in [0.2, 0.25) is 5.91 Å². The van der Waals surface area contributed by atoms with E-state index in [1.165, 1.54) is 35.2 Å². The van der Waals surface area contributed by atoms with E-state index in [2.05, 4.69) is 48.8 Å². The van der Waals surface area contributed by atoms with Crippen LogP contribution in [0.25, 0.3) is 11.3 Å². The predicted octanol–water partition coefficient (Wildman–Crippen LogP) is 5.77. The van der Waals surface area contributed by atoms with E-state index in [-0.39, 0.29) is 17.0 Å². The molecule has 0 aliphatic carbocycles. The lowest BCUT2D eigenvalue weighted by atomic mass is 10.0. The fourth-order valence-electron chi connectivity index (χ4n) is 3.52. The van der Waals surface area contributed by atoms with Gasteiger partial charge < -0.3 is 4.42 Å². The van der Waals surface area contributed by atoms with Gasteiger partial charge in [-0.3, -0.25) is 9.69 Å². The van der Waals surface area contributed by atoms with Crippen LogP contribution in [0.1, 0.15) is 22.5 Å². The van der Waals surface area contributed by atoms with E-state index >= 15 is 0 Å². The summed E-state index contributed by atoms with van der Waals surface area (Å²) < 4.78 is 19.6. The van der Waals surface area contributed by atoms with Gasteiger partial charge >= 0.3 is 0 Å². The van der Waals surface area contributed by atoms with Crippen LogP contribution in [0.15, 0.2) is 81.9 Å². The predicted molar refractivity (Wildman–Crippen MR) is 132 cm³/mol. The lowest BCUT2D eigenvalue weighted by Crippen LogP contribution is -2.32. The van der Waals surface area contributed by atoms with Crippen molar-refractivity contribution in [3.63, 3.8) is 0 Å². The van der Waals surface area contributed by atoms with Crippen LogP contribution in [0.5, 0.6) is 0 Å². The Kier molecular flexibility index (Phi) is 6.89. The van der Waals surface area contributed by atoms with Gasteiger partial charge in [0.1, 0.15) is 17.3 Å². The molecule has 0 bridgehead atoms. The van der Waals surface area contributed by atoms with Crippen molar-refractivity contribution in [2.24, 2.45) is 10.2 Å². The second-order valence-corrected chi connectivity index (χ2v) is 8.95. The minimum Gasteiger partial charge on any atom is -0.455 e. The Morgan fingerprint density at radius 1 is 1.15 bits per heavy atom. The Bertz CT molecular complexity index is 1250. The molecule has 2 heterocycles. The molecule has 1 fully saturated rings. The molecule has 7 heteroatoms. The molecular formula is C26H24FN3O2S. The SMILES string of the molecule is C=CCN1C(=O)C(Cc2ccc(C)c(C)c2)SC1=NN=Cc1ccc(-c2ccccc2F)o1. The molecule has 0 spiro atoms.